The van der Waals surface area contributed by atoms with E-state index in [-0.39, 0.29) is 18.6 Å². The second-order valence-electron chi connectivity index (χ2n) is 3.59. The normalized spacial score (nSPS) is 20.7. The molecule has 16 heavy (non-hydrogen) atoms. The van der Waals surface area contributed by atoms with E-state index in [1.807, 2.05) is 0 Å². The molecule has 0 aromatic carbocycles. The van der Waals surface area contributed by atoms with E-state index in [4.69, 9.17) is 4.74 Å². The van der Waals surface area contributed by atoms with Crippen molar-refractivity contribution in [3.05, 3.63) is 18.2 Å². The van der Waals surface area contributed by atoms with Crippen molar-refractivity contribution in [3.63, 3.8) is 0 Å². The Kier molecular flexibility index (Phi) is 3.53. The van der Waals surface area contributed by atoms with Gasteiger partial charge >= 0.3 is 5.97 Å². The minimum atomic E-state index is -0.289. The van der Waals surface area contributed by atoms with Crippen LogP contribution in [0.3, 0.4) is 0 Å². The summed E-state index contributed by atoms with van der Waals surface area (Å²) in [6.07, 6.45) is 3.30. The van der Waals surface area contributed by atoms with E-state index in [9.17, 15) is 4.79 Å². The molecule has 0 amide bonds. The Morgan fingerprint density at radius 3 is 3.38 bits per heavy atom. The number of ether oxygens (including phenoxy) is 2. The first kappa shape index (κ1) is 11.1. The number of nitrogens with one attached hydrogen (secondary N) is 1. The lowest BCUT2D eigenvalue weighted by Crippen LogP contribution is -2.34. The van der Waals surface area contributed by atoms with Crippen molar-refractivity contribution < 1.29 is 14.3 Å². The molecule has 1 aromatic rings. The quantitative estimate of drug-likeness (QED) is 0.716. The van der Waals surface area contributed by atoms with Gasteiger partial charge in [-0.15, -0.1) is 0 Å². The lowest BCUT2D eigenvalue weighted by molar-refractivity contribution is -0.141. The van der Waals surface area contributed by atoms with Gasteiger partial charge in [-0.25, -0.2) is 4.98 Å². The maximum absolute atomic E-state index is 11.2. The molecule has 6 nitrogen and oxygen atoms in total. The SMILES string of the molecule is COC(=O)Cn1cncc1C1CNCCO1. The first-order valence-corrected chi connectivity index (χ1v) is 5.20. The van der Waals surface area contributed by atoms with Gasteiger partial charge in [-0.05, 0) is 0 Å². The average Bonchev–Trinajstić information content (AvgIpc) is 2.78. The van der Waals surface area contributed by atoms with Crippen LogP contribution in [0.5, 0.6) is 0 Å². The molecule has 0 bridgehead atoms. The Labute approximate surface area is 93.6 Å². The van der Waals surface area contributed by atoms with E-state index in [2.05, 4.69) is 15.0 Å². The van der Waals surface area contributed by atoms with Gasteiger partial charge in [0.2, 0.25) is 0 Å². The summed E-state index contributed by atoms with van der Waals surface area (Å²) in [7, 11) is 1.37. The first-order chi connectivity index (χ1) is 7.81. The van der Waals surface area contributed by atoms with Crippen LogP contribution in [0, 0.1) is 0 Å². The van der Waals surface area contributed by atoms with Crippen LogP contribution < -0.4 is 5.32 Å². The molecule has 0 saturated carbocycles. The standard InChI is InChI=1S/C10H15N3O3/c1-15-10(14)6-13-7-12-4-8(13)9-5-11-2-3-16-9/h4,7,9,11H,2-3,5-6H2,1H3. The van der Waals surface area contributed by atoms with Crippen LogP contribution in [0.4, 0.5) is 0 Å². The predicted octanol–water partition coefficient (Wildman–Crippen LogP) is -0.283. The maximum atomic E-state index is 11.2. The second-order valence-corrected chi connectivity index (χ2v) is 3.59. The fraction of sp³-hybridized carbons (Fsp3) is 0.600. The molecule has 1 aliphatic rings. The molecule has 1 atom stereocenters. The van der Waals surface area contributed by atoms with Gasteiger partial charge in [0.05, 0.1) is 31.9 Å². The van der Waals surface area contributed by atoms with Crippen molar-refractivity contribution in [2.45, 2.75) is 12.6 Å². The van der Waals surface area contributed by atoms with Crippen LogP contribution in [0.25, 0.3) is 0 Å². The fourth-order valence-corrected chi connectivity index (χ4v) is 1.69. The number of aromatic nitrogens is 2. The zero-order valence-electron chi connectivity index (χ0n) is 9.18. The highest BCUT2D eigenvalue weighted by atomic mass is 16.5. The van der Waals surface area contributed by atoms with E-state index in [1.54, 1.807) is 17.1 Å². The van der Waals surface area contributed by atoms with Gasteiger partial charge in [-0.1, -0.05) is 0 Å². The van der Waals surface area contributed by atoms with E-state index in [0.717, 1.165) is 18.8 Å². The third-order valence-electron chi connectivity index (χ3n) is 2.53. The van der Waals surface area contributed by atoms with Gasteiger partial charge in [0.1, 0.15) is 12.6 Å². The molecule has 1 N–H and O–H groups in total. The molecule has 1 unspecified atom stereocenters. The number of imidazole rings is 1. The number of morpholine rings is 1. The highest BCUT2D eigenvalue weighted by Gasteiger charge is 2.20. The Morgan fingerprint density at radius 1 is 1.81 bits per heavy atom. The molecule has 0 spiro atoms. The fourth-order valence-electron chi connectivity index (χ4n) is 1.69. The number of hydrogen-bond donors (Lipinski definition) is 1. The molecule has 1 aliphatic heterocycles. The van der Waals surface area contributed by atoms with Crippen LogP contribution in [-0.2, 0) is 20.8 Å². The molecule has 0 radical (unpaired) electrons. The molecular weight excluding hydrogens is 210 g/mol. The van der Waals surface area contributed by atoms with Gasteiger partial charge in [-0.2, -0.15) is 0 Å². The van der Waals surface area contributed by atoms with Crippen molar-refractivity contribution in [1.82, 2.24) is 14.9 Å². The largest absolute Gasteiger partial charge is 0.468 e. The van der Waals surface area contributed by atoms with E-state index < -0.39 is 0 Å². The minimum absolute atomic E-state index is 0.0408. The average molecular weight is 225 g/mol. The first-order valence-electron chi connectivity index (χ1n) is 5.20. The summed E-state index contributed by atoms with van der Waals surface area (Å²) in [5.74, 6) is -0.289. The van der Waals surface area contributed by atoms with E-state index in [1.165, 1.54) is 7.11 Å². The summed E-state index contributed by atoms with van der Waals surface area (Å²) < 4.78 is 12.0. The Balaban J connectivity index is 2.08. The van der Waals surface area contributed by atoms with Crippen LogP contribution in [0.1, 0.15) is 11.8 Å². The van der Waals surface area contributed by atoms with Crippen molar-refractivity contribution in [2.75, 3.05) is 26.8 Å². The monoisotopic (exact) mass is 225 g/mol. The molecular formula is C10H15N3O3. The number of esters is 1. The summed E-state index contributed by atoms with van der Waals surface area (Å²) in [5, 5.41) is 3.24. The zero-order chi connectivity index (χ0) is 11.4. The highest BCUT2D eigenvalue weighted by molar-refractivity contribution is 5.69. The number of methoxy groups -OCH3 is 1. The molecule has 0 aliphatic carbocycles. The summed E-state index contributed by atoms with van der Waals surface area (Å²) in [6.45, 7) is 2.45. The van der Waals surface area contributed by atoms with Gasteiger partial charge < -0.3 is 19.4 Å². The summed E-state index contributed by atoms with van der Waals surface area (Å²) >= 11 is 0. The molecule has 2 heterocycles. The lowest BCUT2D eigenvalue weighted by Gasteiger charge is -2.24. The zero-order valence-corrected chi connectivity index (χ0v) is 9.18. The van der Waals surface area contributed by atoms with E-state index >= 15 is 0 Å². The lowest BCUT2D eigenvalue weighted by atomic mass is 10.2. The van der Waals surface area contributed by atoms with Crippen LogP contribution in [0.15, 0.2) is 12.5 Å². The highest BCUT2D eigenvalue weighted by Crippen LogP contribution is 2.18. The predicted molar refractivity (Wildman–Crippen MR) is 55.8 cm³/mol. The van der Waals surface area contributed by atoms with Crippen molar-refractivity contribution in [3.8, 4) is 0 Å². The minimum Gasteiger partial charge on any atom is -0.468 e. The Morgan fingerprint density at radius 2 is 2.69 bits per heavy atom. The smallest absolute Gasteiger partial charge is 0.325 e. The third-order valence-corrected chi connectivity index (χ3v) is 2.53. The second kappa shape index (κ2) is 5.09. The Bertz CT molecular complexity index is 358. The van der Waals surface area contributed by atoms with Crippen molar-refractivity contribution >= 4 is 5.97 Å². The molecule has 6 heteroatoms. The molecule has 2 rings (SSSR count). The topological polar surface area (TPSA) is 65.4 Å². The van der Waals surface area contributed by atoms with Crippen LogP contribution in [0.2, 0.25) is 0 Å². The molecule has 88 valence electrons. The van der Waals surface area contributed by atoms with Gasteiger partial charge in [-0.3, -0.25) is 4.79 Å². The number of carbonyl (C=O) groups excluding carboxylic acids is 1. The van der Waals surface area contributed by atoms with Gasteiger partial charge in [0, 0.05) is 13.1 Å². The summed E-state index contributed by atoms with van der Waals surface area (Å²) in [5.41, 5.74) is 0.901. The molecule has 1 fully saturated rings. The number of hydrogen-bond acceptors (Lipinski definition) is 5. The van der Waals surface area contributed by atoms with Gasteiger partial charge in [0.15, 0.2) is 0 Å². The van der Waals surface area contributed by atoms with Crippen molar-refractivity contribution in [2.24, 2.45) is 0 Å². The molecule has 1 aromatic heterocycles. The van der Waals surface area contributed by atoms with Crippen LogP contribution >= 0.6 is 0 Å². The number of carbonyl (C=O) groups is 1. The Hall–Kier alpha value is -1.40. The van der Waals surface area contributed by atoms with Crippen LogP contribution in [-0.4, -0.2) is 42.3 Å². The number of nitrogens with zero attached hydrogens (tertiary/aromatic N) is 2. The molecule has 1 saturated heterocycles. The van der Waals surface area contributed by atoms with Crippen molar-refractivity contribution in [1.29, 1.82) is 0 Å². The third kappa shape index (κ3) is 2.40. The van der Waals surface area contributed by atoms with Gasteiger partial charge in [0.25, 0.3) is 0 Å². The van der Waals surface area contributed by atoms with E-state index in [0.29, 0.717) is 6.61 Å². The summed E-state index contributed by atoms with van der Waals surface area (Å²) in [4.78, 5) is 15.2. The summed E-state index contributed by atoms with van der Waals surface area (Å²) in [6, 6.07) is 0. The number of rotatable bonds is 3. The maximum Gasteiger partial charge on any atom is 0.325 e.